The van der Waals surface area contributed by atoms with Crippen LogP contribution in [-0.4, -0.2) is 21.3 Å². The molecule has 6 heteroatoms. The molecule has 0 aromatic carbocycles. The van der Waals surface area contributed by atoms with Gasteiger partial charge in [-0.2, -0.15) is 5.10 Å². The number of halogens is 1. The van der Waals surface area contributed by atoms with Crippen molar-refractivity contribution in [3.8, 4) is 0 Å². The van der Waals surface area contributed by atoms with E-state index in [-0.39, 0.29) is 0 Å². The van der Waals surface area contributed by atoms with Crippen molar-refractivity contribution in [1.29, 1.82) is 0 Å². The lowest BCUT2D eigenvalue weighted by Crippen LogP contribution is -2.19. The summed E-state index contributed by atoms with van der Waals surface area (Å²) in [6, 6.07) is 4.19. The van der Waals surface area contributed by atoms with Crippen LogP contribution in [0.1, 0.15) is 4.88 Å². The van der Waals surface area contributed by atoms with E-state index in [1.807, 2.05) is 4.68 Å². The summed E-state index contributed by atoms with van der Waals surface area (Å²) in [5.41, 5.74) is 0. The molecule has 0 fully saturated rings. The molecule has 0 aliphatic rings. The van der Waals surface area contributed by atoms with Crippen LogP contribution < -0.4 is 5.32 Å². The van der Waals surface area contributed by atoms with Crippen LogP contribution >= 0.6 is 27.3 Å². The SMILES string of the molecule is Brc1ccc(CNCCn2cncn2)s1. The number of hydrogen-bond donors (Lipinski definition) is 1. The summed E-state index contributed by atoms with van der Waals surface area (Å²) >= 11 is 5.20. The predicted molar refractivity (Wildman–Crippen MR) is 63.7 cm³/mol. The summed E-state index contributed by atoms with van der Waals surface area (Å²) in [6.07, 6.45) is 3.28. The molecule has 15 heavy (non-hydrogen) atoms. The Morgan fingerprint density at radius 3 is 3.07 bits per heavy atom. The van der Waals surface area contributed by atoms with Crippen molar-refractivity contribution in [1.82, 2.24) is 20.1 Å². The zero-order chi connectivity index (χ0) is 10.5. The van der Waals surface area contributed by atoms with E-state index in [4.69, 9.17) is 0 Å². The quantitative estimate of drug-likeness (QED) is 0.854. The van der Waals surface area contributed by atoms with Gasteiger partial charge < -0.3 is 5.32 Å². The van der Waals surface area contributed by atoms with Crippen LogP contribution in [0.4, 0.5) is 0 Å². The van der Waals surface area contributed by atoms with Crippen LogP contribution in [0.5, 0.6) is 0 Å². The molecule has 0 aliphatic heterocycles. The Hall–Kier alpha value is -0.720. The summed E-state index contributed by atoms with van der Waals surface area (Å²) in [5, 5.41) is 7.38. The molecule has 2 aromatic heterocycles. The number of aromatic nitrogens is 3. The normalized spacial score (nSPS) is 10.7. The van der Waals surface area contributed by atoms with Crippen LogP contribution in [0.25, 0.3) is 0 Å². The van der Waals surface area contributed by atoms with E-state index in [9.17, 15) is 0 Å². The molecule has 4 nitrogen and oxygen atoms in total. The number of thiophene rings is 1. The molecule has 0 unspecified atom stereocenters. The fraction of sp³-hybridized carbons (Fsp3) is 0.333. The van der Waals surface area contributed by atoms with E-state index < -0.39 is 0 Å². The first-order valence-electron chi connectivity index (χ1n) is 4.62. The monoisotopic (exact) mass is 286 g/mol. The lowest BCUT2D eigenvalue weighted by Gasteiger charge is -2.02. The van der Waals surface area contributed by atoms with Crippen LogP contribution in [0.2, 0.25) is 0 Å². The Bertz CT molecular complexity index is 398. The first-order valence-corrected chi connectivity index (χ1v) is 6.23. The summed E-state index contributed by atoms with van der Waals surface area (Å²) in [4.78, 5) is 5.22. The third-order valence-corrected chi connectivity index (χ3v) is 3.54. The number of hydrogen-bond acceptors (Lipinski definition) is 4. The molecule has 0 saturated carbocycles. The second kappa shape index (κ2) is 5.39. The van der Waals surface area contributed by atoms with Crippen molar-refractivity contribution >= 4 is 27.3 Å². The first-order chi connectivity index (χ1) is 7.34. The standard InChI is InChI=1S/C9H11BrN4S/c10-9-2-1-8(15-9)5-11-3-4-14-7-12-6-13-14/h1-2,6-7,11H,3-5H2. The zero-order valence-corrected chi connectivity index (χ0v) is 10.5. The van der Waals surface area contributed by atoms with E-state index in [0.29, 0.717) is 0 Å². The Labute approximate surface area is 100 Å². The van der Waals surface area contributed by atoms with Gasteiger partial charge in [-0.05, 0) is 28.1 Å². The molecule has 0 atom stereocenters. The molecule has 2 aromatic rings. The topological polar surface area (TPSA) is 42.7 Å². The zero-order valence-electron chi connectivity index (χ0n) is 8.06. The van der Waals surface area contributed by atoms with Gasteiger partial charge in [0.15, 0.2) is 0 Å². The molecular weight excluding hydrogens is 276 g/mol. The fourth-order valence-corrected chi connectivity index (χ4v) is 2.65. The van der Waals surface area contributed by atoms with Gasteiger partial charge in [0.05, 0.1) is 10.3 Å². The Morgan fingerprint density at radius 1 is 1.47 bits per heavy atom. The Balaban J connectivity index is 1.67. The highest BCUT2D eigenvalue weighted by Crippen LogP contribution is 2.21. The minimum atomic E-state index is 0.854. The second-order valence-corrected chi connectivity index (χ2v) is 5.59. The van der Waals surface area contributed by atoms with Crippen molar-refractivity contribution in [3.63, 3.8) is 0 Å². The highest BCUT2D eigenvalue weighted by molar-refractivity contribution is 9.11. The highest BCUT2D eigenvalue weighted by atomic mass is 79.9. The number of nitrogens with one attached hydrogen (secondary N) is 1. The lowest BCUT2D eigenvalue weighted by atomic mass is 10.4. The molecule has 2 heterocycles. The van der Waals surface area contributed by atoms with Gasteiger partial charge in [0.1, 0.15) is 12.7 Å². The van der Waals surface area contributed by atoms with Gasteiger partial charge in [-0.1, -0.05) is 0 Å². The Kier molecular flexibility index (Phi) is 3.87. The summed E-state index contributed by atoms with van der Waals surface area (Å²) in [7, 11) is 0. The summed E-state index contributed by atoms with van der Waals surface area (Å²) in [5.74, 6) is 0. The van der Waals surface area contributed by atoms with Crippen molar-refractivity contribution in [2.45, 2.75) is 13.1 Å². The largest absolute Gasteiger partial charge is 0.310 e. The van der Waals surface area contributed by atoms with E-state index in [2.05, 4.69) is 43.5 Å². The average molecular weight is 287 g/mol. The van der Waals surface area contributed by atoms with E-state index in [1.165, 1.54) is 8.66 Å². The van der Waals surface area contributed by atoms with Gasteiger partial charge in [-0.3, -0.25) is 4.68 Å². The minimum absolute atomic E-state index is 0.854. The number of nitrogens with zero attached hydrogens (tertiary/aromatic N) is 3. The average Bonchev–Trinajstić information content (AvgIpc) is 2.84. The molecule has 1 N–H and O–H groups in total. The third-order valence-electron chi connectivity index (χ3n) is 1.91. The second-order valence-electron chi connectivity index (χ2n) is 3.04. The third kappa shape index (κ3) is 3.40. The number of rotatable bonds is 5. The Morgan fingerprint density at radius 2 is 2.40 bits per heavy atom. The van der Waals surface area contributed by atoms with Crippen molar-refractivity contribution < 1.29 is 0 Å². The van der Waals surface area contributed by atoms with Crippen molar-refractivity contribution in [3.05, 3.63) is 33.5 Å². The van der Waals surface area contributed by atoms with Crippen LogP contribution in [0.3, 0.4) is 0 Å². The summed E-state index contributed by atoms with van der Waals surface area (Å²) < 4.78 is 2.99. The maximum atomic E-state index is 4.03. The molecular formula is C9H11BrN4S. The van der Waals surface area contributed by atoms with Gasteiger partial charge in [-0.15, -0.1) is 11.3 Å². The van der Waals surface area contributed by atoms with E-state index >= 15 is 0 Å². The van der Waals surface area contributed by atoms with Gasteiger partial charge in [0.2, 0.25) is 0 Å². The predicted octanol–water partition coefficient (Wildman–Crippen LogP) is 1.89. The van der Waals surface area contributed by atoms with E-state index in [0.717, 1.165) is 19.6 Å². The van der Waals surface area contributed by atoms with Gasteiger partial charge in [-0.25, -0.2) is 4.98 Å². The molecule has 0 radical (unpaired) electrons. The highest BCUT2D eigenvalue weighted by Gasteiger charge is 1.97. The van der Waals surface area contributed by atoms with Crippen LogP contribution in [0.15, 0.2) is 28.6 Å². The van der Waals surface area contributed by atoms with Gasteiger partial charge in [0.25, 0.3) is 0 Å². The fourth-order valence-electron chi connectivity index (χ4n) is 1.20. The smallest absolute Gasteiger partial charge is 0.137 e. The molecule has 0 bridgehead atoms. The minimum Gasteiger partial charge on any atom is -0.310 e. The van der Waals surface area contributed by atoms with Crippen molar-refractivity contribution in [2.75, 3.05) is 6.54 Å². The van der Waals surface area contributed by atoms with Gasteiger partial charge in [0, 0.05) is 18.0 Å². The van der Waals surface area contributed by atoms with E-state index in [1.54, 1.807) is 24.0 Å². The lowest BCUT2D eigenvalue weighted by molar-refractivity contribution is 0.555. The van der Waals surface area contributed by atoms with Crippen molar-refractivity contribution in [2.24, 2.45) is 0 Å². The molecule has 0 aliphatic carbocycles. The molecule has 80 valence electrons. The first kappa shape index (κ1) is 10.8. The van der Waals surface area contributed by atoms with Crippen LogP contribution in [-0.2, 0) is 13.1 Å². The van der Waals surface area contributed by atoms with Gasteiger partial charge >= 0.3 is 0 Å². The molecule has 2 rings (SSSR count). The maximum Gasteiger partial charge on any atom is 0.137 e. The maximum absolute atomic E-state index is 4.03. The molecule has 0 saturated heterocycles. The summed E-state index contributed by atoms with van der Waals surface area (Å²) in [6.45, 7) is 2.66. The van der Waals surface area contributed by atoms with Crippen LogP contribution in [0, 0.1) is 0 Å². The molecule has 0 amide bonds. The molecule has 0 spiro atoms.